The third-order valence-electron chi connectivity index (χ3n) is 9.35. The molecule has 0 aliphatic carbocycles. The van der Waals surface area contributed by atoms with Crippen LogP contribution in [0.15, 0.2) is 72.8 Å². The Labute approximate surface area is 277 Å². The molecule has 0 saturated heterocycles. The first-order valence-electron chi connectivity index (χ1n) is 16.9. The summed E-state index contributed by atoms with van der Waals surface area (Å²) in [6.45, 7) is 22.5. The second-order valence-electron chi connectivity index (χ2n) is 15.7. The molecule has 3 heterocycles. The van der Waals surface area contributed by atoms with E-state index in [1.165, 1.54) is 21.9 Å². The third kappa shape index (κ3) is 5.36. The van der Waals surface area contributed by atoms with Crippen LogP contribution in [-0.2, 0) is 10.8 Å². The number of hydrogen-bond acceptors (Lipinski definition) is 4. The number of nitrogens with zero attached hydrogens (tertiary/aromatic N) is 4. The highest BCUT2D eigenvalue weighted by molar-refractivity contribution is 6.16. The average molecular weight is 620 g/mol. The first kappa shape index (κ1) is 31.0. The second kappa shape index (κ2) is 11.0. The van der Waals surface area contributed by atoms with Crippen LogP contribution in [-0.4, -0.2) is 24.9 Å². The van der Waals surface area contributed by atoms with Crippen molar-refractivity contribution in [1.82, 2.24) is 24.9 Å². The van der Waals surface area contributed by atoms with Gasteiger partial charge in [0, 0.05) is 21.9 Å². The van der Waals surface area contributed by atoms with Crippen molar-refractivity contribution in [3.63, 3.8) is 0 Å². The lowest BCUT2D eigenvalue weighted by molar-refractivity contribution is 0.590. The summed E-state index contributed by atoms with van der Waals surface area (Å²) >= 11 is 0. The van der Waals surface area contributed by atoms with E-state index in [1.54, 1.807) is 0 Å². The van der Waals surface area contributed by atoms with Crippen molar-refractivity contribution in [2.24, 2.45) is 0 Å². The SMILES string of the molecule is CC(C)c1nc2ccccc2nc1-c1cc(C(C)(C)C)cc2c1[nH]c1c(-c3nc4ccccc4nc3C(C)C)cc(C(C)(C)C)cc12. The van der Waals surface area contributed by atoms with E-state index in [9.17, 15) is 0 Å². The maximum atomic E-state index is 5.31. The molecule has 0 unspecified atom stereocenters. The topological polar surface area (TPSA) is 67.3 Å². The van der Waals surface area contributed by atoms with Crippen LogP contribution in [0.4, 0.5) is 0 Å². The fourth-order valence-corrected chi connectivity index (χ4v) is 6.57. The van der Waals surface area contributed by atoms with Crippen LogP contribution in [0.3, 0.4) is 0 Å². The lowest BCUT2D eigenvalue weighted by atomic mass is 9.82. The van der Waals surface area contributed by atoms with Crippen molar-refractivity contribution in [2.75, 3.05) is 0 Å². The lowest BCUT2D eigenvalue weighted by Gasteiger charge is -2.22. The molecule has 0 aliphatic heterocycles. The van der Waals surface area contributed by atoms with E-state index >= 15 is 0 Å². The summed E-state index contributed by atoms with van der Waals surface area (Å²) in [7, 11) is 0. The molecule has 0 fully saturated rings. The minimum atomic E-state index is -0.0755. The zero-order valence-corrected chi connectivity index (χ0v) is 29.4. The van der Waals surface area contributed by atoms with E-state index < -0.39 is 0 Å². The molecule has 47 heavy (non-hydrogen) atoms. The van der Waals surface area contributed by atoms with Gasteiger partial charge in [0.1, 0.15) is 0 Å². The van der Waals surface area contributed by atoms with Gasteiger partial charge in [0.25, 0.3) is 0 Å². The molecule has 0 atom stereocenters. The number of aromatic nitrogens is 5. The van der Waals surface area contributed by atoms with Crippen LogP contribution in [0.25, 0.3) is 66.4 Å². The molecule has 5 nitrogen and oxygen atoms in total. The molecule has 4 aromatic carbocycles. The van der Waals surface area contributed by atoms with Crippen molar-refractivity contribution in [1.29, 1.82) is 0 Å². The molecule has 0 spiro atoms. The zero-order chi connectivity index (χ0) is 33.4. The van der Waals surface area contributed by atoms with Gasteiger partial charge in [-0.2, -0.15) is 0 Å². The van der Waals surface area contributed by atoms with Crippen LogP contribution in [0.2, 0.25) is 0 Å². The minimum absolute atomic E-state index is 0.0755. The Morgan fingerprint density at radius 2 is 0.830 bits per heavy atom. The molecular weight excluding hydrogens is 574 g/mol. The molecule has 1 N–H and O–H groups in total. The van der Waals surface area contributed by atoms with Crippen LogP contribution in [0.5, 0.6) is 0 Å². The summed E-state index contributed by atoms with van der Waals surface area (Å²) in [4.78, 5) is 25.0. The summed E-state index contributed by atoms with van der Waals surface area (Å²) in [5.41, 5.74) is 14.2. The smallest absolute Gasteiger partial charge is 0.0949 e. The van der Waals surface area contributed by atoms with Gasteiger partial charge in [-0.3, -0.25) is 0 Å². The Hall–Kier alpha value is -4.64. The van der Waals surface area contributed by atoms with Crippen LogP contribution in [0, 0.1) is 0 Å². The largest absolute Gasteiger partial charge is 0.353 e. The number of rotatable bonds is 4. The van der Waals surface area contributed by atoms with E-state index in [2.05, 4.69) is 123 Å². The summed E-state index contributed by atoms with van der Waals surface area (Å²) in [6, 6.07) is 25.8. The van der Waals surface area contributed by atoms with E-state index in [0.29, 0.717) is 0 Å². The van der Waals surface area contributed by atoms with Gasteiger partial charge >= 0.3 is 0 Å². The Balaban J connectivity index is 1.65. The fourth-order valence-electron chi connectivity index (χ4n) is 6.57. The lowest BCUT2D eigenvalue weighted by Crippen LogP contribution is -2.12. The second-order valence-corrected chi connectivity index (χ2v) is 15.7. The predicted octanol–water partition coefficient (Wildman–Crippen LogP) is 11.4. The molecule has 0 radical (unpaired) electrons. The molecule has 0 saturated carbocycles. The minimum Gasteiger partial charge on any atom is -0.353 e. The maximum absolute atomic E-state index is 5.31. The highest BCUT2D eigenvalue weighted by Gasteiger charge is 2.27. The van der Waals surface area contributed by atoms with Gasteiger partial charge in [-0.05, 0) is 82.3 Å². The Kier molecular flexibility index (Phi) is 7.23. The van der Waals surface area contributed by atoms with E-state index in [0.717, 1.165) is 67.0 Å². The first-order valence-corrected chi connectivity index (χ1v) is 16.9. The Morgan fingerprint density at radius 1 is 0.489 bits per heavy atom. The highest BCUT2D eigenvalue weighted by atomic mass is 14.9. The zero-order valence-electron chi connectivity index (χ0n) is 29.4. The molecule has 3 aromatic heterocycles. The molecular formula is C42H45N5. The fraction of sp³-hybridized carbons (Fsp3) is 0.333. The third-order valence-corrected chi connectivity index (χ3v) is 9.35. The van der Waals surface area contributed by atoms with E-state index in [-0.39, 0.29) is 22.7 Å². The van der Waals surface area contributed by atoms with Crippen LogP contribution < -0.4 is 0 Å². The summed E-state index contributed by atoms with van der Waals surface area (Å²) < 4.78 is 0. The highest BCUT2D eigenvalue weighted by Crippen LogP contribution is 2.44. The average Bonchev–Trinajstić information content (AvgIpc) is 3.40. The molecule has 238 valence electrons. The van der Waals surface area contributed by atoms with Gasteiger partial charge in [0.2, 0.25) is 0 Å². The Bertz CT molecular complexity index is 2160. The predicted molar refractivity (Wildman–Crippen MR) is 198 cm³/mol. The number of aromatic amines is 1. The number of benzene rings is 4. The first-order chi connectivity index (χ1) is 22.2. The molecule has 0 amide bonds. The van der Waals surface area contributed by atoms with Crippen LogP contribution in [0.1, 0.15) is 104 Å². The van der Waals surface area contributed by atoms with Gasteiger partial charge in [-0.25, -0.2) is 19.9 Å². The quantitative estimate of drug-likeness (QED) is 0.213. The van der Waals surface area contributed by atoms with Gasteiger partial charge in [0.05, 0.1) is 55.9 Å². The van der Waals surface area contributed by atoms with Crippen LogP contribution >= 0.6 is 0 Å². The summed E-state index contributed by atoms with van der Waals surface area (Å²) in [5, 5.41) is 2.39. The molecule has 7 aromatic rings. The van der Waals surface area contributed by atoms with Crippen molar-refractivity contribution >= 4 is 43.9 Å². The monoisotopic (exact) mass is 619 g/mol. The van der Waals surface area contributed by atoms with E-state index in [4.69, 9.17) is 19.9 Å². The molecule has 0 bridgehead atoms. The summed E-state index contributed by atoms with van der Waals surface area (Å²) in [6.07, 6.45) is 0. The normalized spacial score (nSPS) is 12.9. The number of para-hydroxylation sites is 4. The maximum Gasteiger partial charge on any atom is 0.0949 e. The number of H-pyrrole nitrogens is 1. The van der Waals surface area contributed by atoms with Crippen molar-refractivity contribution < 1.29 is 0 Å². The van der Waals surface area contributed by atoms with Crippen molar-refractivity contribution in [3.05, 3.63) is 95.3 Å². The van der Waals surface area contributed by atoms with Crippen molar-refractivity contribution in [2.45, 2.75) is 91.9 Å². The van der Waals surface area contributed by atoms with Gasteiger partial charge in [-0.15, -0.1) is 0 Å². The van der Waals surface area contributed by atoms with Crippen molar-refractivity contribution in [3.8, 4) is 22.5 Å². The number of fused-ring (bicyclic) bond motifs is 5. The number of hydrogen-bond donors (Lipinski definition) is 1. The molecule has 7 rings (SSSR count). The Morgan fingerprint density at radius 3 is 1.15 bits per heavy atom. The van der Waals surface area contributed by atoms with Gasteiger partial charge < -0.3 is 4.98 Å². The molecule has 0 aliphatic rings. The molecule has 5 heteroatoms. The van der Waals surface area contributed by atoms with Gasteiger partial charge in [0.15, 0.2) is 0 Å². The van der Waals surface area contributed by atoms with Gasteiger partial charge in [-0.1, -0.05) is 93.5 Å². The number of nitrogens with one attached hydrogen (secondary N) is 1. The van der Waals surface area contributed by atoms with E-state index in [1.807, 2.05) is 24.3 Å². The standard InChI is InChI=1S/C42H45N5/c1-23(2)35-39(45-33-17-13-11-15-31(33)43-35)29-21-25(41(5,6)7)19-27-28-20-26(42(8,9)10)22-30(38(28)47-37(27)29)40-36(24(3)4)44-32-16-12-14-18-34(32)46-40/h11-24,47H,1-10H3. The summed E-state index contributed by atoms with van der Waals surface area (Å²) in [5.74, 6) is 0.397.